The van der Waals surface area contributed by atoms with E-state index in [1.165, 1.54) is 0 Å². The standard InChI is InChI=1S/C9H13ClO4/c1-3-4-5-14-9(13)8(12)7(10)6(2)11/h7H,3-5H2,1-2H3. The number of Topliss-reactive ketones (excluding diaryl/α,β-unsaturated/α-hetero) is 2. The van der Waals surface area contributed by atoms with Crippen molar-refractivity contribution in [2.45, 2.75) is 32.1 Å². The van der Waals surface area contributed by atoms with Crippen LogP contribution in [0.4, 0.5) is 0 Å². The molecule has 0 amide bonds. The van der Waals surface area contributed by atoms with Crippen LogP contribution in [-0.2, 0) is 19.1 Å². The van der Waals surface area contributed by atoms with Crippen LogP contribution in [0.1, 0.15) is 26.7 Å². The van der Waals surface area contributed by atoms with E-state index < -0.39 is 22.9 Å². The smallest absolute Gasteiger partial charge is 0.376 e. The number of carbonyl (C=O) groups excluding carboxylic acids is 3. The molecule has 0 radical (unpaired) electrons. The van der Waals surface area contributed by atoms with E-state index >= 15 is 0 Å². The monoisotopic (exact) mass is 220 g/mol. The number of esters is 1. The van der Waals surface area contributed by atoms with Crippen LogP contribution in [0.3, 0.4) is 0 Å². The van der Waals surface area contributed by atoms with Crippen molar-refractivity contribution < 1.29 is 19.1 Å². The molecule has 80 valence electrons. The van der Waals surface area contributed by atoms with Gasteiger partial charge >= 0.3 is 5.97 Å². The van der Waals surface area contributed by atoms with Crippen LogP contribution in [0, 0.1) is 0 Å². The predicted octanol–water partition coefficient (Wildman–Crippen LogP) is 1.10. The van der Waals surface area contributed by atoms with Gasteiger partial charge < -0.3 is 4.74 Å². The van der Waals surface area contributed by atoms with Crippen LogP contribution in [0.5, 0.6) is 0 Å². The zero-order valence-electron chi connectivity index (χ0n) is 8.21. The quantitative estimate of drug-likeness (QED) is 0.221. The van der Waals surface area contributed by atoms with E-state index in [-0.39, 0.29) is 6.61 Å². The van der Waals surface area contributed by atoms with Crippen LogP contribution in [0.25, 0.3) is 0 Å². The molecular weight excluding hydrogens is 208 g/mol. The second-order valence-corrected chi connectivity index (χ2v) is 3.26. The molecule has 0 saturated carbocycles. The van der Waals surface area contributed by atoms with Crippen molar-refractivity contribution in [2.75, 3.05) is 6.61 Å². The summed E-state index contributed by atoms with van der Waals surface area (Å²) in [7, 11) is 0. The molecule has 0 spiro atoms. The van der Waals surface area contributed by atoms with E-state index in [1.807, 2.05) is 6.92 Å². The Bertz CT molecular complexity index is 237. The third kappa shape index (κ3) is 4.37. The van der Waals surface area contributed by atoms with Crippen molar-refractivity contribution in [3.63, 3.8) is 0 Å². The average molecular weight is 221 g/mol. The minimum absolute atomic E-state index is 0.183. The van der Waals surface area contributed by atoms with Gasteiger partial charge in [0.05, 0.1) is 6.61 Å². The molecule has 0 aromatic heterocycles. The summed E-state index contributed by atoms with van der Waals surface area (Å²) in [5, 5.41) is -1.41. The Morgan fingerprint density at radius 2 is 1.93 bits per heavy atom. The lowest BCUT2D eigenvalue weighted by Crippen LogP contribution is -2.31. The maximum absolute atomic E-state index is 11.1. The molecule has 0 aliphatic rings. The Hall–Kier alpha value is -0.900. The molecule has 0 N–H and O–H groups in total. The van der Waals surface area contributed by atoms with Crippen LogP contribution in [-0.4, -0.2) is 29.5 Å². The lowest BCUT2D eigenvalue weighted by atomic mass is 10.2. The minimum atomic E-state index is -1.41. The van der Waals surface area contributed by atoms with Crippen molar-refractivity contribution in [1.29, 1.82) is 0 Å². The van der Waals surface area contributed by atoms with E-state index in [4.69, 9.17) is 11.6 Å². The van der Waals surface area contributed by atoms with Crippen LogP contribution in [0.15, 0.2) is 0 Å². The first-order valence-corrected chi connectivity index (χ1v) is 4.79. The van der Waals surface area contributed by atoms with Gasteiger partial charge in [-0.2, -0.15) is 0 Å². The van der Waals surface area contributed by atoms with E-state index in [0.29, 0.717) is 6.42 Å². The second-order valence-electron chi connectivity index (χ2n) is 2.83. The van der Waals surface area contributed by atoms with Gasteiger partial charge in [-0.15, -0.1) is 11.6 Å². The lowest BCUT2D eigenvalue weighted by molar-refractivity contribution is -0.154. The van der Waals surface area contributed by atoms with Crippen LogP contribution < -0.4 is 0 Å². The summed E-state index contributed by atoms with van der Waals surface area (Å²) >= 11 is 5.37. The molecule has 0 bridgehead atoms. The molecule has 0 aliphatic heterocycles. The third-order valence-electron chi connectivity index (χ3n) is 1.52. The summed E-state index contributed by atoms with van der Waals surface area (Å²) < 4.78 is 4.59. The van der Waals surface area contributed by atoms with Gasteiger partial charge in [-0.05, 0) is 13.3 Å². The molecule has 1 unspecified atom stereocenters. The highest BCUT2D eigenvalue weighted by Crippen LogP contribution is 2.01. The predicted molar refractivity (Wildman–Crippen MR) is 51.2 cm³/mol. The largest absolute Gasteiger partial charge is 0.460 e. The fourth-order valence-electron chi connectivity index (χ4n) is 0.668. The number of hydrogen-bond donors (Lipinski definition) is 0. The van der Waals surface area contributed by atoms with Gasteiger partial charge in [0.25, 0.3) is 5.78 Å². The highest BCUT2D eigenvalue weighted by atomic mass is 35.5. The Kier molecular flexibility index (Phi) is 6.12. The Balaban J connectivity index is 4.00. The number of ether oxygens (including phenoxy) is 1. The van der Waals surface area contributed by atoms with E-state index in [1.54, 1.807) is 0 Å². The molecule has 14 heavy (non-hydrogen) atoms. The summed E-state index contributed by atoms with van der Waals surface area (Å²) in [5.41, 5.74) is 0. The van der Waals surface area contributed by atoms with E-state index in [9.17, 15) is 14.4 Å². The highest BCUT2D eigenvalue weighted by molar-refractivity contribution is 6.54. The van der Waals surface area contributed by atoms with Gasteiger partial charge in [0.1, 0.15) is 0 Å². The van der Waals surface area contributed by atoms with Gasteiger partial charge in [0.15, 0.2) is 11.2 Å². The SMILES string of the molecule is CCCCOC(=O)C(=O)C(Cl)C(C)=O. The number of halogens is 1. The zero-order chi connectivity index (χ0) is 11.1. The number of alkyl halides is 1. The maximum Gasteiger partial charge on any atom is 0.376 e. The number of unbranched alkanes of at least 4 members (excludes halogenated alkanes) is 1. The van der Waals surface area contributed by atoms with Gasteiger partial charge in [0, 0.05) is 0 Å². The van der Waals surface area contributed by atoms with Gasteiger partial charge in [0.2, 0.25) is 0 Å². The van der Waals surface area contributed by atoms with E-state index in [0.717, 1.165) is 13.3 Å². The van der Waals surface area contributed by atoms with Crippen molar-refractivity contribution in [1.82, 2.24) is 0 Å². The summed E-state index contributed by atoms with van der Waals surface area (Å²) in [6.45, 7) is 3.26. The zero-order valence-corrected chi connectivity index (χ0v) is 8.97. The van der Waals surface area contributed by atoms with Crippen LogP contribution >= 0.6 is 11.6 Å². The number of rotatable bonds is 6. The van der Waals surface area contributed by atoms with Crippen molar-refractivity contribution in [2.24, 2.45) is 0 Å². The Morgan fingerprint density at radius 1 is 1.36 bits per heavy atom. The molecule has 0 aromatic rings. The number of hydrogen-bond acceptors (Lipinski definition) is 4. The van der Waals surface area contributed by atoms with E-state index in [2.05, 4.69) is 4.74 Å². The summed E-state index contributed by atoms with van der Waals surface area (Å²) in [5.74, 6) is -2.58. The number of ketones is 2. The fraction of sp³-hybridized carbons (Fsp3) is 0.667. The fourth-order valence-corrected chi connectivity index (χ4v) is 0.758. The van der Waals surface area contributed by atoms with Crippen molar-refractivity contribution in [3.05, 3.63) is 0 Å². The molecule has 1 atom stereocenters. The molecule has 5 heteroatoms. The molecular formula is C9H13ClO4. The molecule has 0 heterocycles. The molecule has 0 rings (SSSR count). The summed E-state index contributed by atoms with van der Waals surface area (Å²) in [4.78, 5) is 32.7. The van der Waals surface area contributed by atoms with Crippen LogP contribution in [0.2, 0.25) is 0 Å². The highest BCUT2D eigenvalue weighted by Gasteiger charge is 2.28. The number of carbonyl (C=O) groups is 3. The molecule has 0 aliphatic carbocycles. The molecule has 4 nitrogen and oxygen atoms in total. The van der Waals surface area contributed by atoms with Gasteiger partial charge in [-0.25, -0.2) is 4.79 Å². The van der Waals surface area contributed by atoms with Gasteiger partial charge in [-0.1, -0.05) is 13.3 Å². The summed E-state index contributed by atoms with van der Waals surface area (Å²) in [6.07, 6.45) is 1.55. The Morgan fingerprint density at radius 3 is 2.36 bits per heavy atom. The first-order valence-electron chi connectivity index (χ1n) is 4.36. The summed E-state index contributed by atoms with van der Waals surface area (Å²) in [6, 6.07) is 0. The maximum atomic E-state index is 11.1. The Labute approximate surface area is 87.6 Å². The normalized spacial score (nSPS) is 11.9. The van der Waals surface area contributed by atoms with Gasteiger partial charge in [-0.3, -0.25) is 9.59 Å². The minimum Gasteiger partial charge on any atom is -0.460 e. The second kappa shape index (κ2) is 6.54. The van der Waals surface area contributed by atoms with Crippen molar-refractivity contribution >= 4 is 29.1 Å². The topological polar surface area (TPSA) is 60.4 Å². The third-order valence-corrected chi connectivity index (χ3v) is 2.02. The molecule has 0 fully saturated rings. The average Bonchev–Trinajstić information content (AvgIpc) is 2.15. The first-order chi connectivity index (χ1) is 6.50. The molecule has 0 aromatic carbocycles. The van der Waals surface area contributed by atoms with Crippen molar-refractivity contribution in [3.8, 4) is 0 Å². The molecule has 0 saturated heterocycles. The lowest BCUT2D eigenvalue weighted by Gasteiger charge is -2.04. The first kappa shape index (κ1) is 13.1.